The second kappa shape index (κ2) is 5.28. The number of carbonyl (C=O) groups excluding carboxylic acids is 1. The van der Waals surface area contributed by atoms with Crippen molar-refractivity contribution in [2.24, 2.45) is 0 Å². The molecule has 1 aliphatic rings. The van der Waals surface area contributed by atoms with Crippen LogP contribution in [0.3, 0.4) is 0 Å². The van der Waals surface area contributed by atoms with Gasteiger partial charge in [0, 0.05) is 5.46 Å². The molecule has 1 aromatic rings. The molecule has 1 N–H and O–H groups in total. The number of rotatable bonds is 4. The van der Waals surface area contributed by atoms with Crippen LogP contribution in [0.5, 0.6) is 11.5 Å². The minimum absolute atomic E-state index is 0.220. The number of esters is 1. The summed E-state index contributed by atoms with van der Waals surface area (Å²) in [7, 11) is 1.71. The maximum absolute atomic E-state index is 11.0. The van der Waals surface area contributed by atoms with E-state index in [0.717, 1.165) is 5.56 Å². The van der Waals surface area contributed by atoms with Gasteiger partial charge in [-0.3, -0.25) is 0 Å². The van der Waals surface area contributed by atoms with Gasteiger partial charge in [0.15, 0.2) is 18.1 Å². The Balaban J connectivity index is 2.26. The molecule has 0 unspecified atom stereocenters. The first-order valence-electron chi connectivity index (χ1n) is 5.36. The number of benzene rings is 1. The van der Waals surface area contributed by atoms with Gasteiger partial charge in [-0.05, 0) is 11.6 Å². The summed E-state index contributed by atoms with van der Waals surface area (Å²) in [6.07, 6.45) is 0. The Morgan fingerprint density at radius 1 is 1.50 bits per heavy atom. The Kier molecular flexibility index (Phi) is 3.73. The maximum atomic E-state index is 11.0. The van der Waals surface area contributed by atoms with E-state index in [0.29, 0.717) is 23.6 Å². The summed E-state index contributed by atoms with van der Waals surface area (Å²) in [5, 5.41) is 9.69. The van der Waals surface area contributed by atoms with Gasteiger partial charge in [-0.25, -0.2) is 4.79 Å². The molecule has 0 aromatic heterocycles. The molecule has 0 atom stereocenters. The molecular formula is C11H13BO6. The third kappa shape index (κ3) is 2.27. The molecule has 1 aliphatic heterocycles. The summed E-state index contributed by atoms with van der Waals surface area (Å²) < 4.78 is 20.1. The van der Waals surface area contributed by atoms with E-state index in [1.54, 1.807) is 12.1 Å². The van der Waals surface area contributed by atoms with Crippen molar-refractivity contribution in [1.29, 1.82) is 0 Å². The zero-order chi connectivity index (χ0) is 13.1. The van der Waals surface area contributed by atoms with Crippen LogP contribution in [0.15, 0.2) is 12.1 Å². The van der Waals surface area contributed by atoms with Crippen molar-refractivity contribution in [2.45, 2.75) is 6.61 Å². The second-order valence-corrected chi connectivity index (χ2v) is 3.70. The largest absolute Gasteiger partial charge is 0.495 e. The van der Waals surface area contributed by atoms with Crippen LogP contribution in [0.25, 0.3) is 0 Å². The lowest BCUT2D eigenvalue weighted by Gasteiger charge is -2.13. The molecule has 18 heavy (non-hydrogen) atoms. The normalized spacial score (nSPS) is 13.2. The average Bonchev–Trinajstić information content (AvgIpc) is 2.77. The third-order valence-electron chi connectivity index (χ3n) is 2.67. The standard InChI is InChI=1S/C11H13BO6/c1-15-9(13)6-17-8-4-3-7-5-18-12(14)10(7)11(8)16-2/h3-4,14H,5-6H2,1-2H3. The SMILES string of the molecule is COC(=O)COc1ccc2c(c1OC)B(O)OC2. The van der Waals surface area contributed by atoms with Gasteiger partial charge >= 0.3 is 13.1 Å². The van der Waals surface area contributed by atoms with E-state index < -0.39 is 13.1 Å². The van der Waals surface area contributed by atoms with Crippen molar-refractivity contribution < 1.29 is 28.7 Å². The summed E-state index contributed by atoms with van der Waals surface area (Å²) >= 11 is 0. The summed E-state index contributed by atoms with van der Waals surface area (Å²) in [5.74, 6) is 0.252. The minimum Gasteiger partial charge on any atom is -0.493 e. The van der Waals surface area contributed by atoms with E-state index in [1.807, 2.05) is 0 Å². The van der Waals surface area contributed by atoms with Gasteiger partial charge < -0.3 is 23.9 Å². The predicted octanol–water partition coefficient (Wildman–Crippen LogP) is -0.535. The van der Waals surface area contributed by atoms with Crippen molar-refractivity contribution in [3.8, 4) is 11.5 Å². The van der Waals surface area contributed by atoms with Gasteiger partial charge in [-0.2, -0.15) is 0 Å². The Labute approximate surface area is 105 Å². The molecule has 0 spiro atoms. The first kappa shape index (κ1) is 12.7. The second-order valence-electron chi connectivity index (χ2n) is 3.70. The molecule has 0 radical (unpaired) electrons. The number of fused-ring (bicyclic) bond motifs is 1. The van der Waals surface area contributed by atoms with E-state index in [-0.39, 0.29) is 6.61 Å². The van der Waals surface area contributed by atoms with Crippen LogP contribution in [-0.4, -0.2) is 38.9 Å². The van der Waals surface area contributed by atoms with Crippen molar-refractivity contribution in [1.82, 2.24) is 0 Å². The molecule has 7 heteroatoms. The van der Waals surface area contributed by atoms with E-state index in [2.05, 4.69) is 4.74 Å². The van der Waals surface area contributed by atoms with Crippen LogP contribution < -0.4 is 14.9 Å². The lowest BCUT2D eigenvalue weighted by Crippen LogP contribution is -2.30. The zero-order valence-corrected chi connectivity index (χ0v) is 10.1. The molecule has 0 bridgehead atoms. The summed E-state index contributed by atoms with van der Waals surface area (Å²) in [6.45, 7) is 0.104. The Morgan fingerprint density at radius 2 is 2.28 bits per heavy atom. The smallest absolute Gasteiger partial charge is 0.493 e. The molecule has 0 fully saturated rings. The fourth-order valence-corrected chi connectivity index (χ4v) is 1.79. The van der Waals surface area contributed by atoms with Crippen molar-refractivity contribution in [3.05, 3.63) is 17.7 Å². The summed E-state index contributed by atoms with van der Waals surface area (Å²) in [4.78, 5) is 11.0. The van der Waals surface area contributed by atoms with Gasteiger partial charge in [0.2, 0.25) is 0 Å². The van der Waals surface area contributed by atoms with Gasteiger partial charge in [0.05, 0.1) is 20.8 Å². The monoisotopic (exact) mass is 252 g/mol. The summed E-state index contributed by atoms with van der Waals surface area (Å²) in [6, 6.07) is 3.43. The summed E-state index contributed by atoms with van der Waals surface area (Å²) in [5.41, 5.74) is 1.38. The number of hydrogen-bond donors (Lipinski definition) is 1. The lowest BCUT2D eigenvalue weighted by molar-refractivity contribution is -0.142. The van der Waals surface area contributed by atoms with Crippen molar-refractivity contribution in [3.63, 3.8) is 0 Å². The molecule has 96 valence electrons. The topological polar surface area (TPSA) is 74.2 Å². The predicted molar refractivity (Wildman–Crippen MR) is 62.9 cm³/mol. The highest BCUT2D eigenvalue weighted by atomic mass is 16.6. The third-order valence-corrected chi connectivity index (χ3v) is 2.67. The molecule has 6 nitrogen and oxygen atoms in total. The fourth-order valence-electron chi connectivity index (χ4n) is 1.79. The van der Waals surface area contributed by atoms with Crippen LogP contribution in [0.2, 0.25) is 0 Å². The van der Waals surface area contributed by atoms with E-state index >= 15 is 0 Å². The van der Waals surface area contributed by atoms with Crippen LogP contribution in [0, 0.1) is 0 Å². The maximum Gasteiger partial charge on any atom is 0.495 e. The quantitative estimate of drug-likeness (QED) is 0.573. The highest BCUT2D eigenvalue weighted by Crippen LogP contribution is 2.29. The average molecular weight is 252 g/mol. The van der Waals surface area contributed by atoms with E-state index in [4.69, 9.17) is 14.1 Å². The molecule has 0 amide bonds. The van der Waals surface area contributed by atoms with Gasteiger partial charge in [0.25, 0.3) is 0 Å². The number of hydrogen-bond acceptors (Lipinski definition) is 6. The molecule has 0 saturated heterocycles. The van der Waals surface area contributed by atoms with Gasteiger partial charge in [-0.15, -0.1) is 0 Å². The van der Waals surface area contributed by atoms with Crippen LogP contribution in [-0.2, 0) is 20.8 Å². The zero-order valence-electron chi connectivity index (χ0n) is 10.1. The minimum atomic E-state index is -1.03. The van der Waals surface area contributed by atoms with Crippen molar-refractivity contribution in [2.75, 3.05) is 20.8 Å². The molecular weight excluding hydrogens is 239 g/mol. The van der Waals surface area contributed by atoms with Gasteiger partial charge in [0.1, 0.15) is 0 Å². The lowest BCUT2D eigenvalue weighted by atomic mass is 9.78. The molecule has 1 aromatic carbocycles. The van der Waals surface area contributed by atoms with Crippen LogP contribution >= 0.6 is 0 Å². The molecule has 1 heterocycles. The first-order chi connectivity index (χ1) is 8.67. The van der Waals surface area contributed by atoms with Crippen LogP contribution in [0.1, 0.15) is 5.56 Å². The fraction of sp³-hybridized carbons (Fsp3) is 0.364. The van der Waals surface area contributed by atoms with E-state index in [1.165, 1.54) is 14.2 Å². The van der Waals surface area contributed by atoms with Crippen LogP contribution in [0.4, 0.5) is 0 Å². The molecule has 0 aliphatic carbocycles. The Hall–Kier alpha value is -1.73. The highest BCUT2D eigenvalue weighted by Gasteiger charge is 2.33. The molecule has 2 rings (SSSR count). The number of ether oxygens (including phenoxy) is 3. The Morgan fingerprint density at radius 3 is 2.94 bits per heavy atom. The van der Waals surface area contributed by atoms with E-state index in [9.17, 15) is 9.82 Å². The highest BCUT2D eigenvalue weighted by molar-refractivity contribution is 6.62. The number of methoxy groups -OCH3 is 2. The van der Waals surface area contributed by atoms with Crippen molar-refractivity contribution >= 4 is 18.6 Å². The first-order valence-corrected chi connectivity index (χ1v) is 5.36. The van der Waals surface area contributed by atoms with Gasteiger partial charge in [-0.1, -0.05) is 6.07 Å². The number of carbonyl (C=O) groups is 1. The molecule has 0 saturated carbocycles. The Bertz CT molecular complexity index is 461.